The Morgan fingerprint density at radius 1 is 1.22 bits per heavy atom. The number of piperazine rings is 1. The number of benzene rings is 1. The Kier molecular flexibility index (Phi) is 6.47. The minimum atomic E-state index is 0. The fourth-order valence-corrected chi connectivity index (χ4v) is 3.86. The lowest BCUT2D eigenvalue weighted by Crippen LogP contribution is -2.50. The number of amides is 1. The summed E-state index contributed by atoms with van der Waals surface area (Å²) in [4.78, 5) is 19.1. The first-order chi connectivity index (χ1) is 12.8. The van der Waals surface area contributed by atoms with Gasteiger partial charge in [-0.1, -0.05) is 36.4 Å². The van der Waals surface area contributed by atoms with Crippen LogP contribution in [0.1, 0.15) is 30.0 Å². The third-order valence-corrected chi connectivity index (χ3v) is 5.63. The molecule has 2 N–H and O–H groups in total. The summed E-state index contributed by atoms with van der Waals surface area (Å²) in [5.74, 6) is 0.114. The highest BCUT2D eigenvalue weighted by atomic mass is 35.5. The van der Waals surface area contributed by atoms with Gasteiger partial charge in [0.1, 0.15) is 0 Å². The van der Waals surface area contributed by atoms with Gasteiger partial charge in [-0.15, -0.1) is 12.4 Å². The molecule has 27 heavy (non-hydrogen) atoms. The third kappa shape index (κ3) is 4.67. The van der Waals surface area contributed by atoms with Gasteiger partial charge in [0.15, 0.2) is 0 Å². The van der Waals surface area contributed by atoms with Crippen LogP contribution in [0, 0.1) is 0 Å². The first-order valence-corrected chi connectivity index (χ1v) is 9.44. The average molecular weight is 387 g/mol. The molecule has 1 atom stereocenters. The summed E-state index contributed by atoms with van der Waals surface area (Å²) in [6.07, 6.45) is 6.00. The number of hydrogen-bond donors (Lipinski definition) is 2. The van der Waals surface area contributed by atoms with E-state index in [0.717, 1.165) is 44.6 Å². The normalized spacial score (nSPS) is 21.1. The van der Waals surface area contributed by atoms with Crippen LogP contribution in [0.2, 0.25) is 0 Å². The summed E-state index contributed by atoms with van der Waals surface area (Å²) in [6.45, 7) is 3.81. The lowest BCUT2D eigenvalue weighted by atomic mass is 9.96. The van der Waals surface area contributed by atoms with E-state index in [1.165, 1.54) is 5.56 Å². The van der Waals surface area contributed by atoms with Crippen LogP contribution in [0.4, 0.5) is 0 Å². The molecule has 2 aromatic rings. The average Bonchev–Trinajstić information content (AvgIpc) is 3.50. The van der Waals surface area contributed by atoms with Gasteiger partial charge in [0, 0.05) is 50.0 Å². The molecule has 1 unspecified atom stereocenters. The Labute approximate surface area is 167 Å². The molecule has 1 aliphatic heterocycles. The highest BCUT2D eigenvalue weighted by molar-refractivity contribution is 5.85. The van der Waals surface area contributed by atoms with Crippen LogP contribution in [-0.2, 0) is 10.2 Å². The van der Waals surface area contributed by atoms with Gasteiger partial charge in [-0.05, 0) is 30.0 Å². The Morgan fingerprint density at radius 2 is 2.04 bits per heavy atom. The van der Waals surface area contributed by atoms with Gasteiger partial charge in [-0.25, -0.2) is 0 Å². The first kappa shape index (κ1) is 19.8. The van der Waals surface area contributed by atoms with Crippen molar-refractivity contribution >= 4 is 18.3 Å². The van der Waals surface area contributed by atoms with Crippen molar-refractivity contribution < 1.29 is 4.79 Å². The standard InChI is InChI=1S/C21H26N4O.ClH/c26-20(24-16-21(8-9-21)18-6-2-1-3-7-18)15-25-12-11-23-14-19(25)17-5-4-10-22-13-17;/h1-7,10,13,19,23H,8-9,11-12,14-16H2,(H,24,26);1H. The van der Waals surface area contributed by atoms with E-state index in [-0.39, 0.29) is 29.8 Å². The maximum atomic E-state index is 12.6. The lowest BCUT2D eigenvalue weighted by Gasteiger charge is -2.35. The molecular formula is C21H27ClN4O. The summed E-state index contributed by atoms with van der Waals surface area (Å²) in [5.41, 5.74) is 2.66. The molecule has 2 heterocycles. The molecule has 2 fully saturated rings. The van der Waals surface area contributed by atoms with Crippen molar-refractivity contribution in [1.82, 2.24) is 20.5 Å². The number of nitrogens with zero attached hydrogens (tertiary/aromatic N) is 2. The first-order valence-electron chi connectivity index (χ1n) is 9.44. The second-order valence-electron chi connectivity index (χ2n) is 7.40. The highest BCUT2D eigenvalue weighted by Crippen LogP contribution is 2.47. The molecule has 1 saturated heterocycles. The zero-order chi connectivity index (χ0) is 17.8. The number of carbonyl (C=O) groups excluding carboxylic acids is 1. The molecule has 1 aliphatic carbocycles. The van der Waals surface area contributed by atoms with Gasteiger partial charge >= 0.3 is 0 Å². The molecule has 4 rings (SSSR count). The molecule has 1 aromatic carbocycles. The van der Waals surface area contributed by atoms with E-state index in [0.29, 0.717) is 6.54 Å². The van der Waals surface area contributed by atoms with Crippen molar-refractivity contribution in [3.63, 3.8) is 0 Å². The summed E-state index contributed by atoms with van der Waals surface area (Å²) < 4.78 is 0. The van der Waals surface area contributed by atoms with E-state index in [9.17, 15) is 4.79 Å². The Balaban J connectivity index is 0.00000210. The molecule has 0 spiro atoms. The Morgan fingerprint density at radius 3 is 2.74 bits per heavy atom. The number of aromatic nitrogens is 1. The van der Waals surface area contributed by atoms with E-state index in [2.05, 4.69) is 50.8 Å². The summed E-state index contributed by atoms with van der Waals surface area (Å²) in [7, 11) is 0. The lowest BCUT2D eigenvalue weighted by molar-refractivity contribution is -0.123. The van der Waals surface area contributed by atoms with Crippen LogP contribution in [0.25, 0.3) is 0 Å². The highest BCUT2D eigenvalue weighted by Gasteiger charge is 2.44. The summed E-state index contributed by atoms with van der Waals surface area (Å²) in [5, 5.41) is 6.61. The van der Waals surface area contributed by atoms with Crippen LogP contribution in [0.3, 0.4) is 0 Å². The van der Waals surface area contributed by atoms with Crippen LogP contribution < -0.4 is 10.6 Å². The number of nitrogens with one attached hydrogen (secondary N) is 2. The minimum absolute atomic E-state index is 0. The predicted octanol–water partition coefficient (Wildman–Crippen LogP) is 2.30. The van der Waals surface area contributed by atoms with Gasteiger partial charge in [0.25, 0.3) is 0 Å². The second kappa shape index (κ2) is 8.83. The van der Waals surface area contributed by atoms with Gasteiger partial charge in [0.2, 0.25) is 5.91 Å². The SMILES string of the molecule is Cl.O=C(CN1CCNCC1c1cccnc1)NCC1(c2ccccc2)CC1. The number of halogens is 1. The maximum absolute atomic E-state index is 12.6. The molecule has 6 heteroatoms. The van der Waals surface area contributed by atoms with Gasteiger partial charge in [0.05, 0.1) is 6.54 Å². The minimum Gasteiger partial charge on any atom is -0.354 e. The van der Waals surface area contributed by atoms with E-state index in [1.54, 1.807) is 6.20 Å². The quantitative estimate of drug-likeness (QED) is 0.799. The molecular weight excluding hydrogens is 360 g/mol. The molecule has 5 nitrogen and oxygen atoms in total. The topological polar surface area (TPSA) is 57.3 Å². The van der Waals surface area contributed by atoms with Crippen LogP contribution in [-0.4, -0.2) is 48.5 Å². The molecule has 1 aromatic heterocycles. The van der Waals surface area contributed by atoms with Crippen LogP contribution in [0.15, 0.2) is 54.9 Å². The molecule has 1 saturated carbocycles. The molecule has 2 aliphatic rings. The van der Waals surface area contributed by atoms with E-state index < -0.39 is 0 Å². The van der Waals surface area contributed by atoms with Crippen molar-refractivity contribution in [2.45, 2.75) is 24.3 Å². The monoisotopic (exact) mass is 386 g/mol. The van der Waals surface area contributed by atoms with Gasteiger partial charge in [-0.2, -0.15) is 0 Å². The van der Waals surface area contributed by atoms with Crippen molar-refractivity contribution in [3.8, 4) is 0 Å². The Hall–Kier alpha value is -1.95. The van der Waals surface area contributed by atoms with Gasteiger partial charge < -0.3 is 10.6 Å². The molecule has 0 bridgehead atoms. The predicted molar refractivity (Wildman–Crippen MR) is 109 cm³/mol. The number of hydrogen-bond acceptors (Lipinski definition) is 4. The van der Waals surface area contributed by atoms with Crippen molar-refractivity contribution in [1.29, 1.82) is 0 Å². The maximum Gasteiger partial charge on any atom is 0.234 e. The van der Waals surface area contributed by atoms with E-state index in [1.807, 2.05) is 18.3 Å². The fourth-order valence-electron chi connectivity index (χ4n) is 3.86. The third-order valence-electron chi connectivity index (χ3n) is 5.63. The largest absolute Gasteiger partial charge is 0.354 e. The van der Waals surface area contributed by atoms with Crippen LogP contribution >= 0.6 is 12.4 Å². The molecule has 0 radical (unpaired) electrons. The Bertz CT molecular complexity index is 736. The second-order valence-corrected chi connectivity index (χ2v) is 7.40. The summed E-state index contributed by atoms with van der Waals surface area (Å²) in [6, 6.07) is 14.8. The fraction of sp³-hybridized carbons (Fsp3) is 0.429. The number of rotatable bonds is 6. The van der Waals surface area contributed by atoms with Crippen molar-refractivity contribution in [2.75, 3.05) is 32.7 Å². The zero-order valence-corrected chi connectivity index (χ0v) is 16.3. The number of pyridine rings is 1. The van der Waals surface area contributed by atoms with E-state index in [4.69, 9.17) is 0 Å². The van der Waals surface area contributed by atoms with Crippen LogP contribution in [0.5, 0.6) is 0 Å². The van der Waals surface area contributed by atoms with Crippen molar-refractivity contribution in [2.24, 2.45) is 0 Å². The number of carbonyl (C=O) groups is 1. The van der Waals surface area contributed by atoms with Gasteiger partial charge in [-0.3, -0.25) is 14.7 Å². The summed E-state index contributed by atoms with van der Waals surface area (Å²) >= 11 is 0. The zero-order valence-electron chi connectivity index (χ0n) is 15.4. The smallest absolute Gasteiger partial charge is 0.234 e. The molecule has 144 valence electrons. The molecule has 1 amide bonds. The van der Waals surface area contributed by atoms with Crippen molar-refractivity contribution in [3.05, 3.63) is 66.0 Å². The van der Waals surface area contributed by atoms with E-state index >= 15 is 0 Å².